The highest BCUT2D eigenvalue weighted by molar-refractivity contribution is 6.69. The first-order valence-electron chi connectivity index (χ1n) is 9.18. The third kappa shape index (κ3) is 4.41. The first-order valence-corrected chi connectivity index (χ1v) is 10.3. The first kappa shape index (κ1) is 20.6. The van der Waals surface area contributed by atoms with E-state index < -0.39 is 15.4 Å². The lowest BCUT2D eigenvalue weighted by molar-refractivity contribution is 0.0962. The van der Waals surface area contributed by atoms with Crippen molar-refractivity contribution in [2.75, 3.05) is 0 Å². The number of benzene rings is 4. The third-order valence-corrected chi connectivity index (χ3v) is 5.15. The first-order chi connectivity index (χ1) is 14.3. The van der Waals surface area contributed by atoms with E-state index in [1.54, 1.807) is 24.3 Å². The Kier molecular flexibility index (Phi) is 5.66. The maximum absolute atomic E-state index is 13.3. The average molecular weight is 454 g/mol. The summed E-state index contributed by atoms with van der Waals surface area (Å²) in [5, 5.41) is 3.74. The van der Waals surface area contributed by atoms with E-state index >= 15 is 0 Å². The van der Waals surface area contributed by atoms with Crippen LogP contribution in [-0.2, 0) is 0 Å². The average Bonchev–Trinajstić information content (AvgIpc) is 2.75. The molecule has 0 radical (unpaired) electrons. The molecule has 0 aromatic heterocycles. The van der Waals surface area contributed by atoms with Crippen LogP contribution < -0.4 is 0 Å². The Hall–Kier alpha value is -2.65. The maximum atomic E-state index is 13.3. The zero-order chi connectivity index (χ0) is 21.3. The zero-order valence-electron chi connectivity index (χ0n) is 15.6. The third-order valence-electron chi connectivity index (χ3n) is 4.82. The fourth-order valence-corrected chi connectivity index (χ4v) is 3.70. The molecular weight excluding hydrogens is 439 g/mol. The van der Waals surface area contributed by atoms with E-state index in [4.69, 9.17) is 34.8 Å². The Balaban J connectivity index is 1.79. The Labute approximate surface area is 188 Å². The lowest BCUT2D eigenvalue weighted by Crippen LogP contribution is -2.17. The molecule has 148 valence electrons. The number of rotatable bonds is 4. The summed E-state index contributed by atoms with van der Waals surface area (Å²) in [5.41, 5.74) is 0.521. The van der Waals surface area contributed by atoms with Crippen LogP contribution in [0.5, 0.6) is 0 Å². The summed E-state index contributed by atoms with van der Waals surface area (Å²) in [7, 11) is 0. The number of carbonyl (C=O) groups excluding carboxylic acids is 2. The van der Waals surface area contributed by atoms with Crippen molar-refractivity contribution in [2.45, 2.75) is 3.79 Å². The molecule has 4 aromatic carbocycles. The summed E-state index contributed by atoms with van der Waals surface area (Å²) in [6.45, 7) is 0. The van der Waals surface area contributed by atoms with Gasteiger partial charge in [-0.2, -0.15) is 0 Å². The minimum absolute atomic E-state index is 0.180. The van der Waals surface area contributed by atoms with Gasteiger partial charge in [0.1, 0.15) is 0 Å². The number of alkyl halides is 3. The number of fused-ring (bicyclic) bond motifs is 2. The molecule has 0 aliphatic heterocycles. The van der Waals surface area contributed by atoms with Crippen LogP contribution in [0.2, 0.25) is 0 Å². The Bertz CT molecular complexity index is 1220. The molecule has 2 nitrogen and oxygen atoms in total. The standard InChI is InChI=1S/C25H15Cl3O2/c26-25(27,28)15-22(23(29)20-11-9-16-5-1-3-7-18(16)13-20)24(30)21-12-10-17-6-2-4-8-19(17)14-21/h1-15H. The van der Waals surface area contributed by atoms with Gasteiger partial charge in [0, 0.05) is 11.1 Å². The molecule has 0 aliphatic rings. The van der Waals surface area contributed by atoms with Gasteiger partial charge in [-0.1, -0.05) is 108 Å². The Morgan fingerprint density at radius 2 is 1.00 bits per heavy atom. The molecule has 0 N–H and O–H groups in total. The molecule has 0 unspecified atom stereocenters. The van der Waals surface area contributed by atoms with E-state index in [1.165, 1.54) is 0 Å². The zero-order valence-corrected chi connectivity index (χ0v) is 17.9. The molecule has 5 heteroatoms. The van der Waals surface area contributed by atoms with E-state index in [9.17, 15) is 9.59 Å². The van der Waals surface area contributed by atoms with E-state index in [-0.39, 0.29) is 5.57 Å². The van der Waals surface area contributed by atoms with Gasteiger partial charge in [-0.25, -0.2) is 0 Å². The predicted octanol–water partition coefficient (Wildman–Crippen LogP) is 7.36. The fourth-order valence-electron chi connectivity index (χ4n) is 3.37. The van der Waals surface area contributed by atoms with Crippen molar-refractivity contribution in [3.05, 3.63) is 108 Å². The molecule has 0 heterocycles. The highest BCUT2D eigenvalue weighted by Crippen LogP contribution is 2.31. The van der Waals surface area contributed by atoms with E-state index in [2.05, 4.69) is 0 Å². The monoisotopic (exact) mass is 452 g/mol. The van der Waals surface area contributed by atoms with Crippen LogP contribution in [0.25, 0.3) is 21.5 Å². The minimum Gasteiger partial charge on any atom is -0.288 e. The van der Waals surface area contributed by atoms with Crippen LogP contribution in [0.3, 0.4) is 0 Å². The highest BCUT2D eigenvalue weighted by Gasteiger charge is 2.27. The van der Waals surface area contributed by atoms with Crippen LogP contribution in [0.4, 0.5) is 0 Å². The van der Waals surface area contributed by atoms with Gasteiger partial charge in [-0.15, -0.1) is 0 Å². The number of Topliss-reactive ketones (excluding diaryl/α,β-unsaturated/α-hetero) is 2. The van der Waals surface area contributed by atoms with Gasteiger partial charge in [0.25, 0.3) is 0 Å². The summed E-state index contributed by atoms with van der Waals surface area (Å²) in [6.07, 6.45) is 1.09. The fraction of sp³-hybridized carbons (Fsp3) is 0.0400. The van der Waals surface area contributed by atoms with Crippen LogP contribution in [0, 0.1) is 0 Å². The SMILES string of the molecule is O=C(C(=CC(Cl)(Cl)Cl)C(=O)c1ccc2ccccc2c1)c1ccc2ccccc2c1. The molecule has 4 rings (SSSR count). The Morgan fingerprint density at radius 1 is 0.600 bits per heavy atom. The largest absolute Gasteiger partial charge is 0.288 e. The van der Waals surface area contributed by atoms with E-state index in [1.807, 2.05) is 60.7 Å². The molecule has 0 spiro atoms. The van der Waals surface area contributed by atoms with Crippen molar-refractivity contribution in [1.29, 1.82) is 0 Å². The molecule has 0 saturated carbocycles. The summed E-state index contributed by atoms with van der Waals surface area (Å²) in [4.78, 5) is 26.6. The number of carbonyl (C=O) groups is 2. The van der Waals surface area contributed by atoms with Crippen molar-refractivity contribution in [1.82, 2.24) is 0 Å². The Morgan fingerprint density at radius 3 is 1.40 bits per heavy atom. The van der Waals surface area contributed by atoms with Gasteiger partial charge in [0.2, 0.25) is 3.79 Å². The normalized spacial score (nSPS) is 11.4. The highest BCUT2D eigenvalue weighted by atomic mass is 35.6. The van der Waals surface area contributed by atoms with E-state index in [0.717, 1.165) is 27.6 Å². The van der Waals surface area contributed by atoms with Gasteiger partial charge in [-0.05, 0) is 39.8 Å². The van der Waals surface area contributed by atoms with Crippen LogP contribution in [0.15, 0.2) is 96.6 Å². The van der Waals surface area contributed by atoms with E-state index in [0.29, 0.717) is 11.1 Å². The quantitative estimate of drug-likeness (QED) is 0.106. The summed E-state index contributed by atoms with van der Waals surface area (Å²) in [5.74, 6) is -0.990. The number of allylic oxidation sites excluding steroid dienone is 2. The topological polar surface area (TPSA) is 34.1 Å². The summed E-state index contributed by atoms with van der Waals surface area (Å²) >= 11 is 17.8. The van der Waals surface area contributed by atoms with Crippen molar-refractivity contribution in [3.8, 4) is 0 Å². The molecule has 0 saturated heterocycles. The number of halogens is 3. The van der Waals surface area contributed by atoms with Crippen molar-refractivity contribution >= 4 is 67.9 Å². The van der Waals surface area contributed by atoms with Gasteiger partial charge >= 0.3 is 0 Å². The van der Waals surface area contributed by atoms with Gasteiger partial charge in [-0.3, -0.25) is 9.59 Å². The molecule has 0 aliphatic carbocycles. The predicted molar refractivity (Wildman–Crippen MR) is 125 cm³/mol. The van der Waals surface area contributed by atoms with Gasteiger partial charge in [0.15, 0.2) is 11.6 Å². The molecule has 0 amide bonds. The second kappa shape index (κ2) is 8.23. The van der Waals surface area contributed by atoms with Gasteiger partial charge < -0.3 is 0 Å². The van der Waals surface area contributed by atoms with Crippen molar-refractivity contribution in [2.24, 2.45) is 0 Å². The summed E-state index contributed by atoms with van der Waals surface area (Å²) in [6, 6.07) is 25.8. The molecule has 0 fully saturated rings. The smallest absolute Gasteiger partial charge is 0.210 e. The number of hydrogen-bond acceptors (Lipinski definition) is 2. The molecular formula is C25H15Cl3O2. The van der Waals surface area contributed by atoms with Crippen LogP contribution in [0.1, 0.15) is 20.7 Å². The molecule has 0 atom stereocenters. The summed E-state index contributed by atoms with van der Waals surface area (Å²) < 4.78 is -1.89. The molecule has 0 bridgehead atoms. The number of hydrogen-bond donors (Lipinski definition) is 0. The number of ketones is 2. The lowest BCUT2D eigenvalue weighted by atomic mass is 9.93. The van der Waals surface area contributed by atoms with Crippen LogP contribution >= 0.6 is 34.8 Å². The van der Waals surface area contributed by atoms with Gasteiger partial charge in [0.05, 0.1) is 5.57 Å². The molecule has 4 aromatic rings. The maximum Gasteiger partial charge on any atom is 0.210 e. The van der Waals surface area contributed by atoms with Crippen molar-refractivity contribution < 1.29 is 9.59 Å². The molecule has 30 heavy (non-hydrogen) atoms. The minimum atomic E-state index is -1.89. The second-order valence-electron chi connectivity index (χ2n) is 6.88. The van der Waals surface area contributed by atoms with Crippen LogP contribution in [-0.4, -0.2) is 15.4 Å². The lowest BCUT2D eigenvalue weighted by Gasteiger charge is -2.12. The van der Waals surface area contributed by atoms with Crippen molar-refractivity contribution in [3.63, 3.8) is 0 Å². The second-order valence-corrected chi connectivity index (χ2v) is 9.25.